The van der Waals surface area contributed by atoms with Crippen LogP contribution in [0.15, 0.2) is 30.3 Å². The van der Waals surface area contributed by atoms with Crippen molar-refractivity contribution in [3.63, 3.8) is 0 Å². The normalized spacial score (nSPS) is 12.6. The highest BCUT2D eigenvalue weighted by Gasteiger charge is 2.28. The Hall–Kier alpha value is -2.04. The molecule has 0 aliphatic carbocycles. The molecule has 1 N–H and O–H groups in total. The Morgan fingerprint density at radius 3 is 2.25 bits per heavy atom. The van der Waals surface area contributed by atoms with Crippen molar-refractivity contribution in [1.82, 2.24) is 4.90 Å². The Morgan fingerprint density at radius 1 is 1.25 bits per heavy atom. The van der Waals surface area contributed by atoms with E-state index in [4.69, 9.17) is 9.84 Å². The van der Waals surface area contributed by atoms with Crippen LogP contribution in [0.4, 0.5) is 4.79 Å². The molecule has 0 aliphatic rings. The second kappa shape index (κ2) is 6.41. The van der Waals surface area contributed by atoms with Gasteiger partial charge in [-0.05, 0) is 33.3 Å². The quantitative estimate of drug-likeness (QED) is 0.919. The summed E-state index contributed by atoms with van der Waals surface area (Å²) in [4.78, 5) is 24.3. The predicted octanol–water partition coefficient (Wildman–Crippen LogP) is 3.07. The molecule has 0 unspecified atom stereocenters. The van der Waals surface area contributed by atoms with Gasteiger partial charge < -0.3 is 9.84 Å². The number of hydrogen-bond acceptors (Lipinski definition) is 3. The molecule has 110 valence electrons. The van der Waals surface area contributed by atoms with Crippen LogP contribution in [0.1, 0.15) is 39.3 Å². The zero-order chi connectivity index (χ0) is 15.3. The van der Waals surface area contributed by atoms with Gasteiger partial charge in [-0.2, -0.15) is 0 Å². The van der Waals surface area contributed by atoms with Crippen molar-refractivity contribution in [2.45, 2.75) is 39.3 Å². The highest BCUT2D eigenvalue weighted by molar-refractivity contribution is 5.77. The maximum absolute atomic E-state index is 12.1. The van der Waals surface area contributed by atoms with E-state index in [1.165, 1.54) is 4.90 Å². The molecular formula is C15H21NO4. The molecule has 0 bridgehead atoms. The number of rotatable bonds is 4. The SMILES string of the molecule is C[C@@H](c1ccccc1)N(CC(=O)O)C(=O)OC(C)(C)C. The van der Waals surface area contributed by atoms with E-state index in [0.29, 0.717) is 0 Å². The number of carbonyl (C=O) groups excluding carboxylic acids is 1. The number of carboxylic acids is 1. The third kappa shape index (κ3) is 4.91. The van der Waals surface area contributed by atoms with Crippen molar-refractivity contribution in [2.24, 2.45) is 0 Å². The lowest BCUT2D eigenvalue weighted by Crippen LogP contribution is -2.41. The van der Waals surface area contributed by atoms with Crippen molar-refractivity contribution in [3.05, 3.63) is 35.9 Å². The van der Waals surface area contributed by atoms with Gasteiger partial charge in [0, 0.05) is 0 Å². The Labute approximate surface area is 119 Å². The minimum Gasteiger partial charge on any atom is -0.480 e. The summed E-state index contributed by atoms with van der Waals surface area (Å²) in [5.74, 6) is -1.07. The second-order valence-electron chi connectivity index (χ2n) is 5.59. The molecule has 0 aromatic heterocycles. The number of hydrogen-bond donors (Lipinski definition) is 1. The molecule has 1 atom stereocenters. The Bertz CT molecular complexity index is 465. The van der Waals surface area contributed by atoms with E-state index in [9.17, 15) is 9.59 Å². The zero-order valence-corrected chi connectivity index (χ0v) is 12.3. The molecule has 0 fully saturated rings. The van der Waals surface area contributed by atoms with Gasteiger partial charge in [-0.15, -0.1) is 0 Å². The van der Waals surface area contributed by atoms with Crippen molar-refractivity contribution >= 4 is 12.1 Å². The predicted molar refractivity (Wildman–Crippen MR) is 75.4 cm³/mol. The summed E-state index contributed by atoms with van der Waals surface area (Å²) >= 11 is 0. The lowest BCUT2D eigenvalue weighted by atomic mass is 10.1. The third-order valence-corrected chi connectivity index (χ3v) is 2.68. The van der Waals surface area contributed by atoms with Crippen molar-refractivity contribution < 1.29 is 19.4 Å². The molecule has 5 nitrogen and oxygen atoms in total. The molecule has 1 aromatic carbocycles. The van der Waals surface area contributed by atoms with Crippen LogP contribution in [0.5, 0.6) is 0 Å². The van der Waals surface area contributed by atoms with Gasteiger partial charge in [-0.25, -0.2) is 4.79 Å². The van der Waals surface area contributed by atoms with E-state index in [1.807, 2.05) is 30.3 Å². The van der Waals surface area contributed by atoms with Gasteiger partial charge in [-0.3, -0.25) is 9.69 Å². The lowest BCUT2D eigenvalue weighted by Gasteiger charge is -2.30. The van der Waals surface area contributed by atoms with E-state index in [2.05, 4.69) is 0 Å². The molecule has 1 amide bonds. The fraction of sp³-hybridized carbons (Fsp3) is 0.467. The minimum atomic E-state index is -1.07. The molecule has 1 aromatic rings. The smallest absolute Gasteiger partial charge is 0.411 e. The monoisotopic (exact) mass is 279 g/mol. The zero-order valence-electron chi connectivity index (χ0n) is 12.3. The molecule has 0 spiro atoms. The van der Waals surface area contributed by atoms with Crippen LogP contribution in [-0.2, 0) is 9.53 Å². The molecule has 0 aliphatic heterocycles. The first kappa shape index (κ1) is 16.0. The number of carbonyl (C=O) groups is 2. The van der Waals surface area contributed by atoms with Gasteiger partial charge in [0.2, 0.25) is 0 Å². The van der Waals surface area contributed by atoms with Crippen LogP contribution in [0.25, 0.3) is 0 Å². The Balaban J connectivity index is 2.94. The first-order chi connectivity index (χ1) is 9.20. The molecule has 0 saturated heterocycles. The number of nitrogens with zero attached hydrogens (tertiary/aromatic N) is 1. The molecule has 0 heterocycles. The molecule has 0 radical (unpaired) electrons. The van der Waals surface area contributed by atoms with Crippen molar-refractivity contribution in [3.8, 4) is 0 Å². The number of ether oxygens (including phenoxy) is 1. The van der Waals surface area contributed by atoms with E-state index in [1.54, 1.807) is 27.7 Å². The minimum absolute atomic E-state index is 0.373. The van der Waals surface area contributed by atoms with E-state index >= 15 is 0 Å². The maximum atomic E-state index is 12.1. The molecular weight excluding hydrogens is 258 g/mol. The van der Waals surface area contributed by atoms with Crippen molar-refractivity contribution in [1.29, 1.82) is 0 Å². The number of amides is 1. The van der Waals surface area contributed by atoms with Crippen molar-refractivity contribution in [2.75, 3.05) is 6.54 Å². The second-order valence-corrected chi connectivity index (χ2v) is 5.59. The fourth-order valence-corrected chi connectivity index (χ4v) is 1.74. The molecule has 5 heteroatoms. The van der Waals surface area contributed by atoms with E-state index < -0.39 is 24.2 Å². The average Bonchev–Trinajstić information content (AvgIpc) is 2.34. The molecule has 0 saturated carbocycles. The van der Waals surface area contributed by atoms with Gasteiger partial charge in [0.1, 0.15) is 12.1 Å². The summed E-state index contributed by atoms with van der Waals surface area (Å²) in [6.45, 7) is 6.62. The van der Waals surface area contributed by atoms with Crippen LogP contribution < -0.4 is 0 Å². The molecule has 1 rings (SSSR count). The molecule has 20 heavy (non-hydrogen) atoms. The summed E-state index contributed by atoms with van der Waals surface area (Å²) in [6, 6.07) is 8.89. The van der Waals surface area contributed by atoms with E-state index in [-0.39, 0.29) is 6.04 Å². The number of carboxylic acid groups (broad SMARTS) is 1. The highest BCUT2D eigenvalue weighted by atomic mass is 16.6. The largest absolute Gasteiger partial charge is 0.480 e. The van der Waals surface area contributed by atoms with Crippen LogP contribution in [0, 0.1) is 0 Å². The van der Waals surface area contributed by atoms with Crippen LogP contribution >= 0.6 is 0 Å². The van der Waals surface area contributed by atoms with Gasteiger partial charge in [0.15, 0.2) is 0 Å². The summed E-state index contributed by atoms with van der Waals surface area (Å²) < 4.78 is 5.27. The third-order valence-electron chi connectivity index (χ3n) is 2.68. The topological polar surface area (TPSA) is 66.8 Å². The van der Waals surface area contributed by atoms with Gasteiger partial charge in [0.05, 0.1) is 6.04 Å². The van der Waals surface area contributed by atoms with E-state index in [0.717, 1.165) is 5.56 Å². The van der Waals surface area contributed by atoms with Gasteiger partial charge in [-0.1, -0.05) is 30.3 Å². The van der Waals surface area contributed by atoms with Gasteiger partial charge in [0.25, 0.3) is 0 Å². The van der Waals surface area contributed by atoms with Gasteiger partial charge >= 0.3 is 12.1 Å². The summed E-state index contributed by atoms with van der Waals surface area (Å²) in [5, 5.41) is 8.98. The van der Waals surface area contributed by atoms with Crippen LogP contribution in [0.2, 0.25) is 0 Å². The van der Waals surface area contributed by atoms with Crippen LogP contribution in [-0.4, -0.2) is 34.2 Å². The average molecular weight is 279 g/mol. The standard InChI is InChI=1S/C15H21NO4/c1-11(12-8-6-5-7-9-12)16(10-13(17)18)14(19)20-15(2,3)4/h5-9,11H,10H2,1-4H3,(H,17,18)/t11-/m0/s1. The Morgan fingerprint density at radius 2 is 1.80 bits per heavy atom. The number of benzene rings is 1. The highest BCUT2D eigenvalue weighted by Crippen LogP contribution is 2.22. The summed E-state index contributed by atoms with van der Waals surface area (Å²) in [6.07, 6.45) is -0.628. The first-order valence-corrected chi connectivity index (χ1v) is 6.47. The lowest BCUT2D eigenvalue weighted by molar-refractivity contribution is -0.138. The summed E-state index contributed by atoms with van der Waals surface area (Å²) in [5.41, 5.74) is 0.198. The first-order valence-electron chi connectivity index (χ1n) is 6.47. The van der Waals surface area contributed by atoms with Crippen LogP contribution in [0.3, 0.4) is 0 Å². The Kier molecular flexibility index (Phi) is 5.13. The fourth-order valence-electron chi connectivity index (χ4n) is 1.74. The summed E-state index contributed by atoms with van der Waals surface area (Å²) in [7, 11) is 0. The maximum Gasteiger partial charge on any atom is 0.411 e. The number of aliphatic carboxylic acids is 1.